The fraction of sp³-hybridized carbons (Fsp3) is 0.389. The first-order valence-electron chi connectivity index (χ1n) is 8.43. The summed E-state index contributed by atoms with van der Waals surface area (Å²) in [5, 5.41) is 8.32. The number of unbranched alkanes of at least 4 members (excludes halogenated alkanes) is 1. The van der Waals surface area contributed by atoms with Gasteiger partial charge in [-0.3, -0.25) is 9.59 Å². The zero-order valence-corrected chi connectivity index (χ0v) is 16.4. The Morgan fingerprint density at radius 1 is 1.15 bits per heavy atom. The zero-order valence-electron chi connectivity index (χ0n) is 14.8. The second-order valence-corrected chi connectivity index (χ2v) is 6.60. The normalized spacial score (nSPS) is 10.1. The van der Waals surface area contributed by atoms with Crippen LogP contribution in [0.1, 0.15) is 51.2 Å². The summed E-state index contributed by atoms with van der Waals surface area (Å²) in [5.74, 6) is -0.278. The molecule has 0 unspecified atom stereocenters. The number of thiazole rings is 1. The Bertz CT molecular complexity index is 703. The molecule has 0 fully saturated rings. The first kappa shape index (κ1) is 22.1. The lowest BCUT2D eigenvalue weighted by Gasteiger charge is -2.06. The molecule has 2 rings (SSSR count). The van der Waals surface area contributed by atoms with Crippen molar-refractivity contribution in [3.05, 3.63) is 51.5 Å². The minimum absolute atomic E-state index is 0. The monoisotopic (exact) mass is 396 g/mol. The van der Waals surface area contributed by atoms with Gasteiger partial charge in [-0.25, -0.2) is 4.98 Å². The fourth-order valence-corrected chi connectivity index (χ4v) is 2.98. The van der Waals surface area contributed by atoms with Gasteiger partial charge in [0, 0.05) is 30.5 Å². The number of halogens is 1. The average Bonchev–Trinajstić information content (AvgIpc) is 3.09. The summed E-state index contributed by atoms with van der Waals surface area (Å²) in [4.78, 5) is 28.3. The lowest BCUT2D eigenvalue weighted by molar-refractivity contribution is 0.0940. The maximum Gasteiger partial charge on any atom is 0.271 e. The third kappa shape index (κ3) is 6.74. The van der Waals surface area contributed by atoms with Crippen LogP contribution < -0.4 is 16.4 Å². The summed E-state index contributed by atoms with van der Waals surface area (Å²) in [7, 11) is 0. The molecule has 0 aliphatic rings. The Labute approximate surface area is 164 Å². The van der Waals surface area contributed by atoms with E-state index in [1.165, 1.54) is 11.3 Å². The molecule has 6 nitrogen and oxygen atoms in total. The van der Waals surface area contributed by atoms with Gasteiger partial charge in [-0.1, -0.05) is 25.5 Å². The summed E-state index contributed by atoms with van der Waals surface area (Å²) in [6.45, 7) is 3.68. The van der Waals surface area contributed by atoms with Gasteiger partial charge in [-0.2, -0.15) is 0 Å². The Morgan fingerprint density at radius 3 is 2.54 bits per heavy atom. The van der Waals surface area contributed by atoms with Crippen molar-refractivity contribution >= 4 is 35.6 Å². The van der Waals surface area contributed by atoms with Crippen molar-refractivity contribution in [1.82, 2.24) is 15.6 Å². The van der Waals surface area contributed by atoms with Crippen LogP contribution in [0.5, 0.6) is 0 Å². The van der Waals surface area contributed by atoms with Crippen LogP contribution in [0.2, 0.25) is 0 Å². The maximum absolute atomic E-state index is 12.1. The molecule has 1 heterocycles. The molecule has 1 aromatic carbocycles. The fourth-order valence-electron chi connectivity index (χ4n) is 2.18. The van der Waals surface area contributed by atoms with Crippen LogP contribution >= 0.6 is 23.7 Å². The number of nitrogens with one attached hydrogen (secondary N) is 2. The molecule has 4 N–H and O–H groups in total. The van der Waals surface area contributed by atoms with Crippen molar-refractivity contribution in [2.24, 2.45) is 5.73 Å². The quantitative estimate of drug-likeness (QED) is 0.567. The van der Waals surface area contributed by atoms with Gasteiger partial charge in [-0.15, -0.1) is 23.7 Å². The highest BCUT2D eigenvalue weighted by Gasteiger charge is 2.10. The summed E-state index contributed by atoms with van der Waals surface area (Å²) in [5.41, 5.74) is 7.45. The molecular formula is C18H25ClN4O2S. The summed E-state index contributed by atoms with van der Waals surface area (Å²) < 4.78 is 0. The predicted molar refractivity (Wildman–Crippen MR) is 107 cm³/mol. The highest BCUT2D eigenvalue weighted by atomic mass is 35.5. The molecule has 0 atom stereocenters. The van der Waals surface area contributed by atoms with E-state index in [1.54, 1.807) is 17.5 Å². The number of benzene rings is 1. The summed E-state index contributed by atoms with van der Waals surface area (Å²) in [6, 6.07) is 7.22. The molecule has 0 bridgehead atoms. The standard InChI is InChI=1S/C18H24N4O2S.ClH/c1-2-3-10-20-17(23)14-6-4-13(5-7-14)11-21-18(24)15-12-25-16(22-15)8-9-19;/h4-7,12H,2-3,8-11,19H2,1H3,(H,20,23)(H,21,24);1H. The van der Waals surface area contributed by atoms with Crippen molar-refractivity contribution < 1.29 is 9.59 Å². The number of hydrogen-bond acceptors (Lipinski definition) is 5. The smallest absolute Gasteiger partial charge is 0.271 e. The molecular weight excluding hydrogens is 372 g/mol. The van der Waals surface area contributed by atoms with E-state index >= 15 is 0 Å². The van der Waals surface area contributed by atoms with Crippen molar-refractivity contribution in [2.45, 2.75) is 32.7 Å². The van der Waals surface area contributed by atoms with Crippen LogP contribution in [0.3, 0.4) is 0 Å². The van der Waals surface area contributed by atoms with E-state index in [-0.39, 0.29) is 24.2 Å². The Hall–Kier alpha value is -1.96. The van der Waals surface area contributed by atoms with E-state index in [0.29, 0.717) is 37.3 Å². The summed E-state index contributed by atoms with van der Waals surface area (Å²) in [6.07, 6.45) is 2.70. The van der Waals surface area contributed by atoms with Gasteiger partial charge < -0.3 is 16.4 Å². The molecule has 0 aliphatic heterocycles. The highest BCUT2D eigenvalue weighted by Crippen LogP contribution is 2.10. The molecule has 2 aromatic rings. The van der Waals surface area contributed by atoms with E-state index in [0.717, 1.165) is 23.4 Å². The van der Waals surface area contributed by atoms with E-state index in [4.69, 9.17) is 5.73 Å². The van der Waals surface area contributed by atoms with Gasteiger partial charge in [0.15, 0.2) is 0 Å². The lowest BCUT2D eigenvalue weighted by Crippen LogP contribution is -2.25. The largest absolute Gasteiger partial charge is 0.352 e. The lowest BCUT2D eigenvalue weighted by atomic mass is 10.1. The second kappa shape index (κ2) is 11.6. The van der Waals surface area contributed by atoms with Crippen LogP contribution in [0.15, 0.2) is 29.6 Å². The van der Waals surface area contributed by atoms with Crippen LogP contribution in [0, 0.1) is 0 Å². The molecule has 0 radical (unpaired) electrons. The number of carbonyl (C=O) groups excluding carboxylic acids is 2. The minimum Gasteiger partial charge on any atom is -0.352 e. The van der Waals surface area contributed by atoms with Gasteiger partial charge in [0.25, 0.3) is 11.8 Å². The van der Waals surface area contributed by atoms with Gasteiger partial charge in [-0.05, 0) is 30.7 Å². The third-order valence-electron chi connectivity index (χ3n) is 3.63. The average molecular weight is 397 g/mol. The third-order valence-corrected chi connectivity index (χ3v) is 4.54. The predicted octanol–water partition coefficient (Wildman–Crippen LogP) is 2.53. The second-order valence-electron chi connectivity index (χ2n) is 5.65. The van der Waals surface area contributed by atoms with Crippen LogP contribution in [0.4, 0.5) is 0 Å². The topological polar surface area (TPSA) is 97.1 Å². The van der Waals surface area contributed by atoms with Crippen molar-refractivity contribution in [1.29, 1.82) is 0 Å². The number of carbonyl (C=O) groups is 2. The van der Waals surface area contributed by atoms with Gasteiger partial charge >= 0.3 is 0 Å². The SMILES string of the molecule is CCCCNC(=O)c1ccc(CNC(=O)c2csc(CCN)n2)cc1.Cl. The number of aromatic nitrogens is 1. The van der Waals surface area contributed by atoms with Crippen LogP contribution in [-0.4, -0.2) is 29.9 Å². The maximum atomic E-state index is 12.1. The van der Waals surface area contributed by atoms with E-state index in [1.807, 2.05) is 12.1 Å². The first-order valence-corrected chi connectivity index (χ1v) is 9.31. The molecule has 142 valence electrons. The van der Waals surface area contributed by atoms with Crippen molar-refractivity contribution in [3.63, 3.8) is 0 Å². The van der Waals surface area contributed by atoms with Gasteiger partial charge in [0.1, 0.15) is 5.69 Å². The van der Waals surface area contributed by atoms with Crippen molar-refractivity contribution in [3.8, 4) is 0 Å². The van der Waals surface area contributed by atoms with E-state index < -0.39 is 0 Å². The number of nitrogens with two attached hydrogens (primary N) is 1. The zero-order chi connectivity index (χ0) is 18.1. The Morgan fingerprint density at radius 2 is 1.88 bits per heavy atom. The minimum atomic E-state index is -0.207. The summed E-state index contributed by atoms with van der Waals surface area (Å²) >= 11 is 1.44. The van der Waals surface area contributed by atoms with Gasteiger partial charge in [0.05, 0.1) is 5.01 Å². The number of rotatable bonds is 9. The Balaban J connectivity index is 0.00000338. The number of amides is 2. The van der Waals surface area contributed by atoms with E-state index in [9.17, 15) is 9.59 Å². The molecule has 1 aromatic heterocycles. The molecule has 26 heavy (non-hydrogen) atoms. The number of hydrogen-bond donors (Lipinski definition) is 3. The Kier molecular flexibility index (Phi) is 9.87. The molecule has 0 aliphatic carbocycles. The molecule has 0 saturated carbocycles. The molecule has 2 amide bonds. The van der Waals surface area contributed by atoms with Crippen LogP contribution in [-0.2, 0) is 13.0 Å². The highest BCUT2D eigenvalue weighted by molar-refractivity contribution is 7.09. The molecule has 0 saturated heterocycles. The van der Waals surface area contributed by atoms with Crippen LogP contribution in [0.25, 0.3) is 0 Å². The first-order chi connectivity index (χ1) is 12.1. The van der Waals surface area contributed by atoms with Crippen molar-refractivity contribution in [2.75, 3.05) is 13.1 Å². The molecule has 8 heteroatoms. The number of nitrogens with zero attached hydrogens (tertiary/aromatic N) is 1. The van der Waals surface area contributed by atoms with Gasteiger partial charge in [0.2, 0.25) is 0 Å². The molecule has 0 spiro atoms. The van der Waals surface area contributed by atoms with E-state index in [2.05, 4.69) is 22.5 Å².